The molecule has 1 aromatic rings. The van der Waals surface area contributed by atoms with Gasteiger partial charge in [0.2, 0.25) is 0 Å². The van der Waals surface area contributed by atoms with Crippen LogP contribution >= 0.6 is 0 Å². The van der Waals surface area contributed by atoms with Crippen LogP contribution in [0.2, 0.25) is 0 Å². The Labute approximate surface area is 126 Å². The molecular formula is C13H11F6NO3. The minimum Gasteiger partial charge on any atom is -0.480 e. The molecule has 1 amide bonds. The van der Waals surface area contributed by atoms with E-state index in [1.165, 1.54) is 0 Å². The van der Waals surface area contributed by atoms with Gasteiger partial charge in [-0.05, 0) is 25.1 Å². The maximum atomic E-state index is 12.7. The topological polar surface area (TPSA) is 57.6 Å². The molecule has 0 fully saturated rings. The number of aliphatic carboxylic acids is 1. The van der Waals surface area contributed by atoms with Gasteiger partial charge in [-0.15, -0.1) is 0 Å². The Bertz CT molecular complexity index is 591. The smallest absolute Gasteiger partial charge is 0.416 e. The third-order valence-electron chi connectivity index (χ3n) is 3.09. The summed E-state index contributed by atoms with van der Waals surface area (Å²) in [5.41, 5.74) is -4.19. The SMILES string of the molecule is CC(C(=O)O)N(C)C(=O)c1cc(C(F)(F)F)cc(C(F)(F)F)c1. The van der Waals surface area contributed by atoms with E-state index in [-0.39, 0.29) is 18.2 Å². The van der Waals surface area contributed by atoms with Crippen LogP contribution in [0.4, 0.5) is 26.3 Å². The van der Waals surface area contributed by atoms with Gasteiger partial charge in [-0.3, -0.25) is 4.79 Å². The Morgan fingerprint density at radius 3 is 1.70 bits per heavy atom. The van der Waals surface area contributed by atoms with Gasteiger partial charge in [0.15, 0.2) is 0 Å². The fraction of sp³-hybridized carbons (Fsp3) is 0.385. The van der Waals surface area contributed by atoms with Crippen molar-refractivity contribution in [2.45, 2.75) is 25.3 Å². The number of amides is 1. The zero-order valence-corrected chi connectivity index (χ0v) is 11.8. The third kappa shape index (κ3) is 4.36. The van der Waals surface area contributed by atoms with Crippen molar-refractivity contribution >= 4 is 11.9 Å². The lowest BCUT2D eigenvalue weighted by Gasteiger charge is -2.22. The van der Waals surface area contributed by atoms with Gasteiger partial charge >= 0.3 is 18.3 Å². The van der Waals surface area contributed by atoms with Gasteiger partial charge < -0.3 is 10.0 Å². The molecule has 0 aromatic heterocycles. The second-order valence-electron chi connectivity index (χ2n) is 4.72. The summed E-state index contributed by atoms with van der Waals surface area (Å²) in [5, 5.41) is 8.76. The zero-order valence-electron chi connectivity index (χ0n) is 11.8. The van der Waals surface area contributed by atoms with E-state index in [1.54, 1.807) is 0 Å². The maximum absolute atomic E-state index is 12.7. The van der Waals surface area contributed by atoms with E-state index < -0.39 is 47.0 Å². The lowest BCUT2D eigenvalue weighted by atomic mass is 10.0. The highest BCUT2D eigenvalue weighted by molar-refractivity contribution is 5.96. The molecule has 4 nitrogen and oxygen atoms in total. The Morgan fingerprint density at radius 2 is 1.39 bits per heavy atom. The highest BCUT2D eigenvalue weighted by atomic mass is 19.4. The number of alkyl halides is 6. The molecule has 0 saturated carbocycles. The predicted molar refractivity (Wildman–Crippen MR) is 65.6 cm³/mol. The molecule has 1 unspecified atom stereocenters. The minimum atomic E-state index is -5.09. The Kier molecular flexibility index (Phi) is 4.97. The van der Waals surface area contributed by atoms with Crippen molar-refractivity contribution in [2.75, 3.05) is 7.05 Å². The van der Waals surface area contributed by atoms with Gasteiger partial charge in [0.1, 0.15) is 6.04 Å². The molecule has 1 N–H and O–H groups in total. The average molecular weight is 343 g/mol. The van der Waals surface area contributed by atoms with Gasteiger partial charge in [-0.2, -0.15) is 26.3 Å². The molecule has 1 atom stereocenters. The number of hydrogen-bond donors (Lipinski definition) is 1. The Hall–Kier alpha value is -2.26. The van der Waals surface area contributed by atoms with E-state index in [1.807, 2.05) is 0 Å². The van der Waals surface area contributed by atoms with Gasteiger partial charge in [0.25, 0.3) is 5.91 Å². The number of likely N-dealkylation sites (N-methyl/N-ethyl adjacent to an activating group) is 1. The van der Waals surface area contributed by atoms with Crippen LogP contribution in [0.5, 0.6) is 0 Å². The van der Waals surface area contributed by atoms with Crippen molar-refractivity contribution in [3.05, 3.63) is 34.9 Å². The summed E-state index contributed by atoms with van der Waals surface area (Å²) >= 11 is 0. The van der Waals surface area contributed by atoms with Crippen LogP contribution in [0.25, 0.3) is 0 Å². The van der Waals surface area contributed by atoms with Crippen molar-refractivity contribution in [3.63, 3.8) is 0 Å². The van der Waals surface area contributed by atoms with Crippen molar-refractivity contribution in [1.82, 2.24) is 4.90 Å². The number of nitrogens with zero attached hydrogens (tertiary/aromatic N) is 1. The first-order valence-electron chi connectivity index (χ1n) is 6.04. The van der Waals surface area contributed by atoms with Crippen LogP contribution in [-0.4, -0.2) is 35.0 Å². The zero-order chi connectivity index (χ0) is 18.2. The van der Waals surface area contributed by atoms with E-state index in [0.29, 0.717) is 4.90 Å². The molecule has 0 aliphatic carbocycles. The standard InChI is InChI=1S/C13H11F6NO3/c1-6(11(22)23)20(2)10(21)7-3-8(12(14,15)16)5-9(4-7)13(17,18)19/h3-6H,1-2H3,(H,22,23). The number of carboxylic acids is 1. The van der Waals surface area contributed by atoms with Gasteiger partial charge in [-0.1, -0.05) is 0 Å². The second kappa shape index (κ2) is 6.09. The van der Waals surface area contributed by atoms with E-state index in [0.717, 1.165) is 14.0 Å². The summed E-state index contributed by atoms with van der Waals surface area (Å²) in [4.78, 5) is 23.3. The van der Waals surface area contributed by atoms with Gasteiger partial charge in [0, 0.05) is 12.6 Å². The van der Waals surface area contributed by atoms with Crippen molar-refractivity contribution < 1.29 is 41.0 Å². The number of carbonyl (C=O) groups is 2. The predicted octanol–water partition coefficient (Wildman–Crippen LogP) is 3.27. The molecule has 1 aromatic carbocycles. The fourth-order valence-corrected chi connectivity index (χ4v) is 1.62. The molecule has 0 bridgehead atoms. The summed E-state index contributed by atoms with van der Waals surface area (Å²) in [5.74, 6) is -2.72. The molecule has 128 valence electrons. The summed E-state index contributed by atoms with van der Waals surface area (Å²) in [6.45, 7) is 1.07. The largest absolute Gasteiger partial charge is 0.480 e. The summed E-state index contributed by atoms with van der Waals surface area (Å²) < 4.78 is 76.2. The molecule has 0 aliphatic rings. The first-order valence-corrected chi connectivity index (χ1v) is 6.04. The van der Waals surface area contributed by atoms with Crippen LogP contribution in [0, 0.1) is 0 Å². The van der Waals surface area contributed by atoms with Crippen LogP contribution in [0.1, 0.15) is 28.4 Å². The number of carbonyl (C=O) groups excluding carboxylic acids is 1. The number of benzene rings is 1. The van der Waals surface area contributed by atoms with Crippen molar-refractivity contribution in [1.29, 1.82) is 0 Å². The third-order valence-corrected chi connectivity index (χ3v) is 3.09. The minimum absolute atomic E-state index is 0.114. The molecule has 0 radical (unpaired) electrons. The molecule has 23 heavy (non-hydrogen) atoms. The fourth-order valence-electron chi connectivity index (χ4n) is 1.62. The summed E-state index contributed by atoms with van der Waals surface area (Å²) in [7, 11) is 0.967. The lowest BCUT2D eigenvalue weighted by molar-refractivity contribution is -0.144. The highest BCUT2D eigenvalue weighted by Gasteiger charge is 2.38. The Morgan fingerprint density at radius 1 is 1.00 bits per heavy atom. The number of carboxylic acid groups (broad SMARTS) is 1. The quantitative estimate of drug-likeness (QED) is 0.857. The van der Waals surface area contributed by atoms with Crippen LogP contribution in [0.3, 0.4) is 0 Å². The second-order valence-corrected chi connectivity index (χ2v) is 4.72. The highest BCUT2D eigenvalue weighted by Crippen LogP contribution is 2.36. The molecule has 0 aliphatic heterocycles. The van der Waals surface area contributed by atoms with E-state index >= 15 is 0 Å². The first-order chi connectivity index (χ1) is 10.2. The monoisotopic (exact) mass is 343 g/mol. The lowest BCUT2D eigenvalue weighted by Crippen LogP contribution is -2.40. The van der Waals surface area contributed by atoms with Crippen molar-refractivity contribution in [3.8, 4) is 0 Å². The van der Waals surface area contributed by atoms with E-state index in [2.05, 4.69) is 0 Å². The summed E-state index contributed by atoms with van der Waals surface area (Å²) in [6, 6.07) is -1.03. The molecule has 0 spiro atoms. The average Bonchev–Trinajstić information content (AvgIpc) is 2.42. The van der Waals surface area contributed by atoms with E-state index in [4.69, 9.17) is 5.11 Å². The van der Waals surface area contributed by atoms with Crippen LogP contribution in [-0.2, 0) is 17.1 Å². The molecule has 0 saturated heterocycles. The molecule has 0 heterocycles. The number of rotatable bonds is 3. The number of hydrogen-bond acceptors (Lipinski definition) is 2. The molecule has 10 heteroatoms. The molecule has 1 rings (SSSR count). The van der Waals surface area contributed by atoms with Gasteiger partial charge in [-0.25, -0.2) is 4.79 Å². The summed E-state index contributed by atoms with van der Waals surface area (Å²) in [6.07, 6.45) is -10.2. The van der Waals surface area contributed by atoms with Gasteiger partial charge in [0.05, 0.1) is 11.1 Å². The number of halogens is 6. The Balaban J connectivity index is 3.41. The maximum Gasteiger partial charge on any atom is 0.416 e. The van der Waals surface area contributed by atoms with Crippen LogP contribution < -0.4 is 0 Å². The van der Waals surface area contributed by atoms with Crippen LogP contribution in [0.15, 0.2) is 18.2 Å². The van der Waals surface area contributed by atoms with E-state index in [9.17, 15) is 35.9 Å². The molecular weight excluding hydrogens is 332 g/mol. The first kappa shape index (κ1) is 18.8. The van der Waals surface area contributed by atoms with Crippen molar-refractivity contribution in [2.24, 2.45) is 0 Å². The normalized spacial score (nSPS) is 13.6.